The number of sulfonamides is 1. The number of morpholine rings is 1. The maximum Gasteiger partial charge on any atom is 0.245 e. The zero-order chi connectivity index (χ0) is 22.2. The molecule has 0 unspecified atom stereocenters. The van der Waals surface area contributed by atoms with E-state index in [2.05, 4.69) is 15.9 Å². The lowest BCUT2D eigenvalue weighted by atomic mass is 9.96. The minimum Gasteiger partial charge on any atom is -0.378 e. The summed E-state index contributed by atoms with van der Waals surface area (Å²) in [6.45, 7) is 5.18. The predicted molar refractivity (Wildman–Crippen MR) is 119 cm³/mol. The fourth-order valence-corrected chi connectivity index (χ4v) is 7.02. The number of hydrogen-bond donors (Lipinski definition) is 0. The van der Waals surface area contributed by atoms with E-state index in [9.17, 15) is 18.0 Å². The third-order valence-electron chi connectivity index (χ3n) is 6.34. The smallest absolute Gasteiger partial charge is 0.245 e. The normalized spacial score (nSPS) is 20.7. The van der Waals surface area contributed by atoms with Crippen LogP contribution >= 0.6 is 15.9 Å². The summed E-state index contributed by atoms with van der Waals surface area (Å²) in [5, 5.41) is 0. The van der Waals surface area contributed by atoms with Crippen molar-refractivity contribution in [2.24, 2.45) is 5.92 Å². The Morgan fingerprint density at radius 1 is 1.10 bits per heavy atom. The molecular formula is C21H28BrN3O5S. The van der Waals surface area contributed by atoms with Crippen LogP contribution in [0.4, 0.5) is 5.69 Å². The highest BCUT2D eigenvalue weighted by atomic mass is 79.9. The van der Waals surface area contributed by atoms with Gasteiger partial charge in [-0.05, 0) is 37.0 Å². The lowest BCUT2D eigenvalue weighted by Crippen LogP contribution is -2.47. The Kier molecular flexibility index (Phi) is 6.71. The molecule has 0 bridgehead atoms. The zero-order valence-electron chi connectivity index (χ0n) is 17.7. The van der Waals surface area contributed by atoms with E-state index in [1.54, 1.807) is 17.9 Å². The fraction of sp³-hybridized carbons (Fsp3) is 0.619. The molecule has 0 aromatic heterocycles. The van der Waals surface area contributed by atoms with E-state index in [-0.39, 0.29) is 22.6 Å². The summed E-state index contributed by atoms with van der Waals surface area (Å²) in [7, 11) is -3.79. The molecular weight excluding hydrogens is 486 g/mol. The van der Waals surface area contributed by atoms with Crippen molar-refractivity contribution in [3.8, 4) is 0 Å². The van der Waals surface area contributed by atoms with Gasteiger partial charge in [0.1, 0.15) is 4.90 Å². The summed E-state index contributed by atoms with van der Waals surface area (Å²) in [5.41, 5.74) is 1.38. The van der Waals surface area contributed by atoms with E-state index >= 15 is 0 Å². The van der Waals surface area contributed by atoms with Gasteiger partial charge in [0.15, 0.2) is 0 Å². The molecule has 170 valence electrons. The number of hydrogen-bond acceptors (Lipinski definition) is 5. The summed E-state index contributed by atoms with van der Waals surface area (Å²) in [6.07, 6.45) is 1.97. The van der Waals surface area contributed by atoms with Crippen LogP contribution in [-0.2, 0) is 30.8 Å². The van der Waals surface area contributed by atoms with Crippen LogP contribution in [0.3, 0.4) is 0 Å². The van der Waals surface area contributed by atoms with Crippen LogP contribution < -0.4 is 4.90 Å². The van der Waals surface area contributed by atoms with Crippen molar-refractivity contribution >= 4 is 43.5 Å². The monoisotopic (exact) mass is 513 g/mol. The average Bonchev–Trinajstić information content (AvgIpc) is 3.21. The molecule has 0 radical (unpaired) electrons. The molecule has 2 amide bonds. The number of amides is 2. The van der Waals surface area contributed by atoms with Gasteiger partial charge in [-0.15, -0.1) is 0 Å². The van der Waals surface area contributed by atoms with Gasteiger partial charge in [-0.1, -0.05) is 22.9 Å². The van der Waals surface area contributed by atoms with Crippen LogP contribution in [0.5, 0.6) is 0 Å². The number of nitrogens with zero attached hydrogens (tertiary/aromatic N) is 3. The zero-order valence-corrected chi connectivity index (χ0v) is 20.1. The Morgan fingerprint density at radius 3 is 2.42 bits per heavy atom. The van der Waals surface area contributed by atoms with E-state index in [1.165, 1.54) is 4.31 Å². The molecule has 3 heterocycles. The summed E-state index contributed by atoms with van der Waals surface area (Å²) >= 11 is 3.43. The molecule has 0 N–H and O–H groups in total. The number of benzene rings is 1. The highest BCUT2D eigenvalue weighted by Gasteiger charge is 2.38. The summed E-state index contributed by atoms with van der Waals surface area (Å²) in [4.78, 5) is 28.8. The molecule has 0 spiro atoms. The van der Waals surface area contributed by atoms with Crippen LogP contribution in [0.1, 0.15) is 31.7 Å². The van der Waals surface area contributed by atoms with Gasteiger partial charge >= 0.3 is 0 Å². The predicted octanol–water partition coefficient (Wildman–Crippen LogP) is 2.01. The third-order valence-corrected chi connectivity index (χ3v) is 8.71. The second kappa shape index (κ2) is 9.17. The van der Waals surface area contributed by atoms with Gasteiger partial charge in [-0.3, -0.25) is 9.59 Å². The second-order valence-corrected chi connectivity index (χ2v) is 11.0. The number of ether oxygens (including phenoxy) is 1. The molecule has 0 atom stereocenters. The maximum atomic E-state index is 13.6. The number of piperidine rings is 1. The largest absolute Gasteiger partial charge is 0.378 e. The van der Waals surface area contributed by atoms with Crippen LogP contribution in [0.25, 0.3) is 0 Å². The molecule has 3 aliphatic rings. The molecule has 0 saturated carbocycles. The molecule has 2 fully saturated rings. The van der Waals surface area contributed by atoms with E-state index in [0.29, 0.717) is 81.8 Å². The number of carbonyl (C=O) groups excluding carboxylic acids is 2. The Labute approximate surface area is 191 Å². The molecule has 2 saturated heterocycles. The quantitative estimate of drug-likeness (QED) is 0.614. The Balaban J connectivity index is 1.54. The van der Waals surface area contributed by atoms with Crippen molar-refractivity contribution in [2.45, 2.75) is 37.5 Å². The molecule has 31 heavy (non-hydrogen) atoms. The minimum atomic E-state index is -3.79. The molecule has 0 aliphatic carbocycles. The molecule has 10 heteroatoms. The lowest BCUT2D eigenvalue weighted by molar-refractivity contribution is -0.140. The molecule has 8 nitrogen and oxygen atoms in total. The summed E-state index contributed by atoms with van der Waals surface area (Å²) in [5.74, 6) is -0.133. The Hall–Kier alpha value is -1.49. The van der Waals surface area contributed by atoms with Crippen LogP contribution in [0, 0.1) is 5.92 Å². The summed E-state index contributed by atoms with van der Waals surface area (Å²) < 4.78 is 34.6. The number of halogens is 1. The minimum absolute atomic E-state index is 0.0765. The first kappa shape index (κ1) is 22.7. The van der Waals surface area contributed by atoms with Gasteiger partial charge in [0.05, 0.1) is 18.9 Å². The topological polar surface area (TPSA) is 87.2 Å². The van der Waals surface area contributed by atoms with Crippen molar-refractivity contribution in [1.82, 2.24) is 9.21 Å². The van der Waals surface area contributed by atoms with Gasteiger partial charge < -0.3 is 14.5 Å². The average molecular weight is 514 g/mol. The molecule has 1 aromatic carbocycles. The summed E-state index contributed by atoms with van der Waals surface area (Å²) in [6, 6.07) is 3.49. The SMILES string of the molecule is CCC(=O)N1CCc2cc(Br)cc(S(=O)(=O)N3CCC(C(=O)N4CCOCC4)CC3)c21. The van der Waals surface area contributed by atoms with Gasteiger partial charge in [0, 0.05) is 49.5 Å². The van der Waals surface area contributed by atoms with Gasteiger partial charge in [0.25, 0.3) is 0 Å². The van der Waals surface area contributed by atoms with Crippen molar-refractivity contribution < 1.29 is 22.7 Å². The third kappa shape index (κ3) is 4.40. The standard InChI is InChI=1S/C21H28BrN3O5S/c1-2-19(26)25-8-5-16-13-17(22)14-18(20(16)25)31(28,29)24-6-3-15(4-7-24)21(27)23-9-11-30-12-10-23/h13-15H,2-12H2,1H3. The van der Waals surface area contributed by atoms with Crippen LogP contribution in [0.15, 0.2) is 21.5 Å². The number of carbonyl (C=O) groups is 2. The van der Waals surface area contributed by atoms with Crippen LogP contribution in [0.2, 0.25) is 0 Å². The molecule has 3 aliphatic heterocycles. The van der Waals surface area contributed by atoms with Crippen molar-refractivity contribution in [1.29, 1.82) is 0 Å². The fourth-order valence-electron chi connectivity index (χ4n) is 4.63. The van der Waals surface area contributed by atoms with E-state index in [4.69, 9.17) is 4.74 Å². The first-order chi connectivity index (χ1) is 14.8. The highest BCUT2D eigenvalue weighted by molar-refractivity contribution is 9.10. The highest BCUT2D eigenvalue weighted by Crippen LogP contribution is 2.39. The van der Waals surface area contributed by atoms with E-state index < -0.39 is 10.0 Å². The van der Waals surface area contributed by atoms with Gasteiger partial charge in [-0.25, -0.2) is 8.42 Å². The number of anilines is 1. The van der Waals surface area contributed by atoms with Crippen molar-refractivity contribution in [3.63, 3.8) is 0 Å². The lowest BCUT2D eigenvalue weighted by Gasteiger charge is -2.35. The van der Waals surface area contributed by atoms with Gasteiger partial charge in [0.2, 0.25) is 21.8 Å². The maximum absolute atomic E-state index is 13.6. The number of rotatable bonds is 4. The first-order valence-corrected chi connectivity index (χ1v) is 13.1. The number of fused-ring (bicyclic) bond motifs is 1. The van der Waals surface area contributed by atoms with Crippen molar-refractivity contribution in [3.05, 3.63) is 22.2 Å². The van der Waals surface area contributed by atoms with Crippen molar-refractivity contribution in [2.75, 3.05) is 50.8 Å². The first-order valence-electron chi connectivity index (χ1n) is 10.8. The Bertz CT molecular complexity index is 969. The van der Waals surface area contributed by atoms with Gasteiger partial charge in [-0.2, -0.15) is 4.31 Å². The van der Waals surface area contributed by atoms with E-state index in [0.717, 1.165) is 5.56 Å². The van der Waals surface area contributed by atoms with E-state index in [1.807, 2.05) is 11.0 Å². The Morgan fingerprint density at radius 2 is 1.77 bits per heavy atom. The molecule has 4 rings (SSSR count). The molecule has 1 aromatic rings. The van der Waals surface area contributed by atoms with Crippen LogP contribution in [-0.4, -0.2) is 75.4 Å². The second-order valence-electron chi connectivity index (χ2n) is 8.18.